The summed E-state index contributed by atoms with van der Waals surface area (Å²) in [7, 11) is 0. The Labute approximate surface area is 165 Å². The van der Waals surface area contributed by atoms with Gasteiger partial charge in [-0.05, 0) is 78.0 Å². The summed E-state index contributed by atoms with van der Waals surface area (Å²) in [5.41, 5.74) is -0.811. The number of benzene rings is 1. The second kappa shape index (κ2) is 8.47. The van der Waals surface area contributed by atoms with Gasteiger partial charge in [0.25, 0.3) is 5.91 Å². The number of carbonyl (C=O) groups is 2. The molecule has 0 aliphatic heterocycles. The average Bonchev–Trinajstić information content (AvgIpc) is 2.54. The third-order valence-corrected chi connectivity index (χ3v) is 4.87. The molecule has 0 aromatic heterocycles. The van der Waals surface area contributed by atoms with Crippen LogP contribution in [0.4, 0.5) is 9.18 Å². The van der Waals surface area contributed by atoms with Crippen LogP contribution in [0.5, 0.6) is 0 Å². The summed E-state index contributed by atoms with van der Waals surface area (Å²) < 4.78 is 19.7. The van der Waals surface area contributed by atoms with E-state index in [1.807, 2.05) is 0 Å². The summed E-state index contributed by atoms with van der Waals surface area (Å²) in [6.07, 6.45) is 1.95. The number of nitrogens with one attached hydrogen (secondary N) is 2. The van der Waals surface area contributed by atoms with E-state index in [-0.39, 0.29) is 11.6 Å². The highest BCUT2D eigenvalue weighted by molar-refractivity contribution is 5.94. The molecule has 1 aliphatic rings. The van der Waals surface area contributed by atoms with Crippen molar-refractivity contribution in [1.82, 2.24) is 10.6 Å². The van der Waals surface area contributed by atoms with Gasteiger partial charge in [0, 0.05) is 6.04 Å². The second-order valence-electron chi connectivity index (χ2n) is 8.85. The third-order valence-electron chi connectivity index (χ3n) is 4.87. The van der Waals surface area contributed by atoms with Gasteiger partial charge >= 0.3 is 6.09 Å². The van der Waals surface area contributed by atoms with Crippen LogP contribution in [-0.4, -0.2) is 34.4 Å². The lowest BCUT2D eigenvalue weighted by Crippen LogP contribution is -2.42. The van der Waals surface area contributed by atoms with Crippen LogP contribution in [0.15, 0.2) is 18.2 Å². The van der Waals surface area contributed by atoms with Crippen molar-refractivity contribution < 1.29 is 23.8 Å². The van der Waals surface area contributed by atoms with Crippen molar-refractivity contribution in [2.45, 2.75) is 83.6 Å². The zero-order valence-corrected chi connectivity index (χ0v) is 17.3. The normalized spacial score (nSPS) is 23.6. The molecule has 156 valence electrons. The van der Waals surface area contributed by atoms with Crippen LogP contribution in [-0.2, 0) is 4.74 Å². The Balaban J connectivity index is 1.97. The predicted molar refractivity (Wildman–Crippen MR) is 105 cm³/mol. The first-order chi connectivity index (χ1) is 12.9. The van der Waals surface area contributed by atoms with E-state index in [0.29, 0.717) is 31.2 Å². The number of hydrogen-bond acceptors (Lipinski definition) is 4. The van der Waals surface area contributed by atoms with Crippen LogP contribution >= 0.6 is 0 Å². The first-order valence-corrected chi connectivity index (χ1v) is 9.68. The Morgan fingerprint density at radius 3 is 2.43 bits per heavy atom. The van der Waals surface area contributed by atoms with Gasteiger partial charge in [-0.1, -0.05) is 6.07 Å². The number of halogens is 1. The summed E-state index contributed by atoms with van der Waals surface area (Å²) >= 11 is 0. The van der Waals surface area contributed by atoms with Crippen molar-refractivity contribution >= 4 is 12.0 Å². The van der Waals surface area contributed by atoms with E-state index in [1.165, 1.54) is 12.1 Å². The van der Waals surface area contributed by atoms with E-state index in [4.69, 9.17) is 4.74 Å². The minimum Gasteiger partial charge on any atom is -0.444 e. The molecule has 1 aromatic carbocycles. The van der Waals surface area contributed by atoms with Crippen LogP contribution in [0.3, 0.4) is 0 Å². The van der Waals surface area contributed by atoms with Gasteiger partial charge in [0.1, 0.15) is 11.4 Å². The van der Waals surface area contributed by atoms with Crippen molar-refractivity contribution in [1.29, 1.82) is 0 Å². The molecular weight excluding hydrogens is 363 g/mol. The maximum Gasteiger partial charge on any atom is 0.408 e. The van der Waals surface area contributed by atoms with E-state index < -0.39 is 35.1 Å². The van der Waals surface area contributed by atoms with E-state index in [0.717, 1.165) is 0 Å². The molecular formula is C21H31FN2O4. The molecule has 0 bridgehead atoms. The first-order valence-electron chi connectivity index (χ1n) is 9.68. The maximum atomic E-state index is 14.5. The van der Waals surface area contributed by atoms with Crippen LogP contribution < -0.4 is 10.6 Å². The molecule has 1 aromatic rings. The highest BCUT2D eigenvalue weighted by Gasteiger charge is 2.30. The minimum atomic E-state index is -0.689. The van der Waals surface area contributed by atoms with Gasteiger partial charge in [-0.15, -0.1) is 0 Å². The lowest BCUT2D eigenvalue weighted by Gasteiger charge is -2.33. The molecule has 0 unspecified atom stereocenters. The van der Waals surface area contributed by atoms with Gasteiger partial charge in [-0.3, -0.25) is 4.79 Å². The average molecular weight is 394 g/mol. The molecule has 0 saturated heterocycles. The molecule has 0 heterocycles. The number of rotatable bonds is 4. The van der Waals surface area contributed by atoms with E-state index in [9.17, 15) is 19.1 Å². The molecule has 28 heavy (non-hydrogen) atoms. The molecule has 7 heteroatoms. The Hall–Kier alpha value is -2.15. The summed E-state index contributed by atoms with van der Waals surface area (Å²) in [6, 6.07) is 3.75. The predicted octanol–water partition coefficient (Wildman–Crippen LogP) is 3.83. The quantitative estimate of drug-likeness (QED) is 0.724. The highest BCUT2D eigenvalue weighted by atomic mass is 19.1. The monoisotopic (exact) mass is 394 g/mol. The molecule has 0 radical (unpaired) electrons. The Morgan fingerprint density at radius 2 is 1.89 bits per heavy atom. The molecule has 3 N–H and O–H groups in total. The largest absolute Gasteiger partial charge is 0.444 e. The fourth-order valence-electron chi connectivity index (χ4n) is 3.20. The van der Waals surface area contributed by atoms with Crippen molar-refractivity contribution in [2.24, 2.45) is 0 Å². The van der Waals surface area contributed by atoms with Crippen LogP contribution in [0.25, 0.3) is 0 Å². The number of amides is 2. The fraction of sp³-hybridized carbons (Fsp3) is 0.619. The van der Waals surface area contributed by atoms with Crippen LogP contribution in [0.1, 0.15) is 82.3 Å². The summed E-state index contributed by atoms with van der Waals surface area (Å²) in [6.45, 7) is 8.79. The van der Waals surface area contributed by atoms with Crippen molar-refractivity contribution in [2.75, 3.05) is 0 Å². The van der Waals surface area contributed by atoms with Crippen molar-refractivity contribution in [3.63, 3.8) is 0 Å². The van der Waals surface area contributed by atoms with Crippen molar-refractivity contribution in [3.05, 3.63) is 35.1 Å². The zero-order chi connectivity index (χ0) is 21.1. The first kappa shape index (κ1) is 22.1. The number of alkyl carbamates (subject to hydrolysis) is 1. The fourth-order valence-corrected chi connectivity index (χ4v) is 3.20. The smallest absolute Gasteiger partial charge is 0.408 e. The topological polar surface area (TPSA) is 87.7 Å². The van der Waals surface area contributed by atoms with Crippen LogP contribution in [0.2, 0.25) is 0 Å². The molecule has 2 rings (SSSR count). The van der Waals surface area contributed by atoms with Gasteiger partial charge in [-0.2, -0.15) is 0 Å². The lowest BCUT2D eigenvalue weighted by atomic mass is 9.83. The Kier molecular flexibility index (Phi) is 6.70. The molecule has 1 saturated carbocycles. The SMILES string of the molecule is C[C@H](NC(=O)OC(C)(C)C)c1ccc(C(=O)NC2CCC(C)(O)CC2)c(F)c1. The number of aliphatic hydroxyl groups is 1. The zero-order valence-electron chi connectivity index (χ0n) is 17.3. The van der Waals surface area contributed by atoms with Gasteiger partial charge < -0.3 is 20.5 Å². The molecule has 2 amide bonds. The second-order valence-corrected chi connectivity index (χ2v) is 8.85. The number of carbonyl (C=O) groups excluding carboxylic acids is 2. The van der Waals surface area contributed by atoms with E-state index in [1.54, 1.807) is 40.7 Å². The molecule has 0 spiro atoms. The number of ether oxygens (including phenoxy) is 1. The number of hydrogen-bond donors (Lipinski definition) is 3. The van der Waals surface area contributed by atoms with Crippen molar-refractivity contribution in [3.8, 4) is 0 Å². The highest BCUT2D eigenvalue weighted by Crippen LogP contribution is 2.28. The molecule has 1 aliphatic carbocycles. The third kappa shape index (κ3) is 6.48. The van der Waals surface area contributed by atoms with Gasteiger partial charge in [-0.25, -0.2) is 9.18 Å². The van der Waals surface area contributed by atoms with Gasteiger partial charge in [0.05, 0.1) is 17.2 Å². The van der Waals surface area contributed by atoms with E-state index >= 15 is 0 Å². The maximum absolute atomic E-state index is 14.5. The van der Waals surface area contributed by atoms with Gasteiger partial charge in [0.15, 0.2) is 0 Å². The Bertz CT molecular complexity index is 718. The Morgan fingerprint density at radius 1 is 1.29 bits per heavy atom. The summed E-state index contributed by atoms with van der Waals surface area (Å²) in [5.74, 6) is -1.11. The molecule has 1 fully saturated rings. The van der Waals surface area contributed by atoms with Crippen LogP contribution in [0, 0.1) is 5.82 Å². The standard InChI is InChI=1S/C21H31FN2O4/c1-13(23-19(26)28-20(2,3)4)14-6-7-16(17(22)12-14)18(25)24-15-8-10-21(5,27)11-9-15/h6-7,12-13,15,27H,8-11H2,1-5H3,(H,23,26)(H,24,25)/t13-,15?,21?/m0/s1. The summed E-state index contributed by atoms with van der Waals surface area (Å²) in [4.78, 5) is 24.3. The lowest BCUT2D eigenvalue weighted by molar-refractivity contribution is 0.0140. The molecule has 1 atom stereocenters. The van der Waals surface area contributed by atoms with E-state index in [2.05, 4.69) is 10.6 Å². The molecule has 6 nitrogen and oxygen atoms in total. The van der Waals surface area contributed by atoms with Gasteiger partial charge in [0.2, 0.25) is 0 Å². The minimum absolute atomic E-state index is 0.0365. The summed E-state index contributed by atoms with van der Waals surface area (Å²) in [5, 5.41) is 15.5.